The number of anilines is 1. The Morgan fingerprint density at radius 1 is 1.05 bits per heavy atom. The number of aromatic nitrogens is 1. The van der Waals surface area contributed by atoms with Crippen molar-refractivity contribution in [2.75, 3.05) is 46.3 Å². The van der Waals surface area contributed by atoms with Gasteiger partial charge in [-0.05, 0) is 42.5 Å². The molecular formula is C26H27ClN4O7S. The molecule has 2 aromatic carbocycles. The maximum Gasteiger partial charge on any atom is 0.274 e. The van der Waals surface area contributed by atoms with Gasteiger partial charge in [-0.2, -0.15) is 0 Å². The molecule has 0 fully saturated rings. The number of fused-ring (bicyclic) bond motifs is 1. The van der Waals surface area contributed by atoms with Gasteiger partial charge in [0.15, 0.2) is 5.54 Å². The molecule has 2 heterocycles. The Morgan fingerprint density at radius 3 is 2.44 bits per heavy atom. The van der Waals surface area contributed by atoms with Gasteiger partial charge in [-0.15, -0.1) is 0 Å². The second-order valence-corrected chi connectivity index (χ2v) is 10.9. The number of likely N-dealkylation sites (N-methyl/N-ethyl adjacent to an activating group) is 1. The molecule has 0 radical (unpaired) electrons. The quantitative estimate of drug-likeness (QED) is 0.410. The maximum atomic E-state index is 14.6. The molecule has 1 unspecified atom stereocenters. The van der Waals surface area contributed by atoms with Crippen LogP contribution in [0.2, 0.25) is 5.02 Å². The van der Waals surface area contributed by atoms with Crippen molar-refractivity contribution in [1.82, 2.24) is 15.2 Å². The average molecular weight is 575 g/mol. The van der Waals surface area contributed by atoms with Crippen LogP contribution in [-0.2, 0) is 25.2 Å². The molecule has 0 saturated carbocycles. The molecule has 4 rings (SSSR count). The largest absolute Gasteiger partial charge is 0.497 e. The lowest BCUT2D eigenvalue weighted by Gasteiger charge is -2.31. The number of benzene rings is 2. The topological polar surface area (TPSA) is 127 Å². The number of nitrogens with zero attached hydrogens (tertiary/aromatic N) is 3. The molecule has 1 aliphatic rings. The van der Waals surface area contributed by atoms with Crippen molar-refractivity contribution in [1.29, 1.82) is 0 Å². The van der Waals surface area contributed by atoms with Crippen LogP contribution in [0, 0.1) is 0 Å². The Hall–Kier alpha value is -3.87. The fourth-order valence-corrected chi connectivity index (χ4v) is 6.20. The number of carbonyl (C=O) groups excluding carboxylic acids is 2. The zero-order valence-electron chi connectivity index (χ0n) is 21.9. The first-order valence-electron chi connectivity index (χ1n) is 11.6. The van der Waals surface area contributed by atoms with Gasteiger partial charge >= 0.3 is 0 Å². The lowest BCUT2D eigenvalue weighted by molar-refractivity contribution is -0.128. The number of ether oxygens (including phenoxy) is 3. The molecule has 1 N–H and O–H groups in total. The first kappa shape index (κ1) is 28.1. The summed E-state index contributed by atoms with van der Waals surface area (Å²) in [6.07, 6.45) is 1.47. The molecular weight excluding hydrogens is 548 g/mol. The average Bonchev–Trinajstić information content (AvgIpc) is 3.18. The van der Waals surface area contributed by atoms with Gasteiger partial charge in [0.05, 0.1) is 33.6 Å². The van der Waals surface area contributed by atoms with Crippen LogP contribution in [0.3, 0.4) is 0 Å². The van der Waals surface area contributed by atoms with E-state index in [2.05, 4.69) is 10.3 Å². The number of amides is 2. The summed E-state index contributed by atoms with van der Waals surface area (Å²) in [5.41, 5.74) is -1.46. The molecule has 0 saturated heterocycles. The third-order valence-electron chi connectivity index (χ3n) is 6.35. The molecule has 39 heavy (non-hydrogen) atoms. The van der Waals surface area contributed by atoms with Crippen LogP contribution in [-0.4, -0.2) is 72.1 Å². The molecule has 13 heteroatoms. The van der Waals surface area contributed by atoms with Crippen molar-refractivity contribution in [3.8, 4) is 17.4 Å². The number of nitrogens with one attached hydrogen (secondary N) is 1. The number of sulfonamides is 1. The lowest BCUT2D eigenvalue weighted by Crippen LogP contribution is -2.55. The zero-order chi connectivity index (χ0) is 28.5. The van der Waals surface area contributed by atoms with Crippen LogP contribution >= 0.6 is 11.6 Å². The van der Waals surface area contributed by atoms with E-state index in [4.69, 9.17) is 25.8 Å². The van der Waals surface area contributed by atoms with Crippen LogP contribution in [0.1, 0.15) is 11.1 Å². The Bertz CT molecular complexity index is 1550. The maximum absolute atomic E-state index is 14.6. The summed E-state index contributed by atoms with van der Waals surface area (Å²) in [5.74, 6) is -0.862. The second kappa shape index (κ2) is 10.7. The monoisotopic (exact) mass is 574 g/mol. The predicted molar refractivity (Wildman–Crippen MR) is 144 cm³/mol. The zero-order valence-corrected chi connectivity index (χ0v) is 23.5. The minimum absolute atomic E-state index is 0.0233. The van der Waals surface area contributed by atoms with E-state index < -0.39 is 21.5 Å². The van der Waals surface area contributed by atoms with Crippen LogP contribution in [0.25, 0.3) is 0 Å². The molecule has 1 aromatic heterocycles. The number of rotatable bonds is 9. The fraction of sp³-hybridized carbons (Fsp3) is 0.269. The normalized spacial score (nSPS) is 16.6. The van der Waals surface area contributed by atoms with E-state index in [1.165, 1.54) is 68.8 Å². The van der Waals surface area contributed by atoms with Crippen molar-refractivity contribution >= 4 is 39.1 Å². The molecule has 0 bridgehead atoms. The minimum atomic E-state index is -4.57. The summed E-state index contributed by atoms with van der Waals surface area (Å²) in [4.78, 5) is 32.5. The summed E-state index contributed by atoms with van der Waals surface area (Å²) >= 11 is 6.37. The van der Waals surface area contributed by atoms with E-state index in [9.17, 15) is 18.0 Å². The van der Waals surface area contributed by atoms with E-state index >= 15 is 0 Å². The van der Waals surface area contributed by atoms with Crippen molar-refractivity contribution in [3.63, 3.8) is 0 Å². The molecule has 3 aromatic rings. The third-order valence-corrected chi connectivity index (χ3v) is 8.32. The fourth-order valence-electron chi connectivity index (χ4n) is 4.42. The highest BCUT2D eigenvalue weighted by Crippen LogP contribution is 2.50. The molecule has 1 aliphatic heterocycles. The summed E-state index contributed by atoms with van der Waals surface area (Å²) < 4.78 is 45.1. The van der Waals surface area contributed by atoms with Gasteiger partial charge in [0.2, 0.25) is 11.8 Å². The first-order chi connectivity index (χ1) is 18.5. The highest BCUT2D eigenvalue weighted by atomic mass is 35.5. The highest BCUT2D eigenvalue weighted by molar-refractivity contribution is 7.93. The summed E-state index contributed by atoms with van der Waals surface area (Å²) in [5, 5.41) is 3.27. The van der Waals surface area contributed by atoms with Crippen LogP contribution < -0.4 is 23.8 Å². The molecule has 1 atom stereocenters. The molecule has 2 amide bonds. The predicted octanol–water partition coefficient (Wildman–Crippen LogP) is 2.42. The van der Waals surface area contributed by atoms with Gasteiger partial charge in [0.1, 0.15) is 16.4 Å². The van der Waals surface area contributed by atoms with E-state index in [1.54, 1.807) is 26.2 Å². The van der Waals surface area contributed by atoms with Gasteiger partial charge in [-0.1, -0.05) is 11.6 Å². The Kier molecular flexibility index (Phi) is 7.73. The van der Waals surface area contributed by atoms with Crippen molar-refractivity contribution in [2.45, 2.75) is 10.4 Å². The summed E-state index contributed by atoms with van der Waals surface area (Å²) in [6.45, 7) is -0.317. The lowest BCUT2D eigenvalue weighted by atomic mass is 9.84. The van der Waals surface area contributed by atoms with Crippen LogP contribution in [0.15, 0.2) is 59.6 Å². The SMILES string of the molecule is COc1ccc(S(=O)(=O)N2C(=O)C(NCC(=O)N(C)C)(c3cccnc3OC)c3cc(Cl)ccc32)c(OC)c1. The number of hydrogen-bond acceptors (Lipinski definition) is 9. The number of carbonyl (C=O) groups is 2. The standard InChI is InChI=1S/C26H27ClN4O7S/c1-30(2)23(32)15-29-26(18-7-6-12-28-24(18)38-5)19-13-16(27)8-10-20(19)31(25(26)33)39(34,35)22-11-9-17(36-3)14-21(22)37-4/h6-14,29H,15H2,1-5H3. The van der Waals surface area contributed by atoms with E-state index in [0.717, 1.165) is 0 Å². The number of pyridine rings is 1. The second-order valence-electron chi connectivity index (χ2n) is 8.70. The summed E-state index contributed by atoms with van der Waals surface area (Å²) in [7, 11) is 2.68. The minimum Gasteiger partial charge on any atom is -0.497 e. The van der Waals surface area contributed by atoms with Gasteiger partial charge < -0.3 is 19.1 Å². The Labute approximate surface area is 231 Å². The van der Waals surface area contributed by atoms with Crippen molar-refractivity contribution in [3.05, 3.63) is 70.9 Å². The van der Waals surface area contributed by atoms with Gasteiger partial charge in [0, 0.05) is 42.5 Å². The number of methoxy groups -OCH3 is 3. The van der Waals surface area contributed by atoms with Crippen molar-refractivity contribution in [2.24, 2.45) is 0 Å². The van der Waals surface area contributed by atoms with Crippen LogP contribution in [0.4, 0.5) is 5.69 Å². The van der Waals surface area contributed by atoms with Gasteiger partial charge in [-0.3, -0.25) is 14.9 Å². The number of halogens is 1. The highest BCUT2D eigenvalue weighted by Gasteiger charge is 2.58. The Morgan fingerprint density at radius 2 is 1.79 bits per heavy atom. The van der Waals surface area contributed by atoms with E-state index in [-0.39, 0.29) is 50.8 Å². The molecule has 206 valence electrons. The molecule has 0 spiro atoms. The van der Waals surface area contributed by atoms with Gasteiger partial charge in [-0.25, -0.2) is 17.7 Å². The van der Waals surface area contributed by atoms with E-state index in [0.29, 0.717) is 10.1 Å². The third kappa shape index (κ3) is 4.64. The number of hydrogen-bond donors (Lipinski definition) is 1. The molecule has 11 nitrogen and oxygen atoms in total. The summed E-state index contributed by atoms with van der Waals surface area (Å²) in [6, 6.07) is 11.7. The smallest absolute Gasteiger partial charge is 0.274 e. The molecule has 0 aliphatic carbocycles. The van der Waals surface area contributed by atoms with Crippen LogP contribution in [0.5, 0.6) is 17.4 Å². The Balaban J connectivity index is 2.02. The van der Waals surface area contributed by atoms with Gasteiger partial charge in [0.25, 0.3) is 15.9 Å². The van der Waals surface area contributed by atoms with E-state index in [1.807, 2.05) is 0 Å². The van der Waals surface area contributed by atoms with Crippen molar-refractivity contribution < 1.29 is 32.2 Å². The first-order valence-corrected chi connectivity index (χ1v) is 13.4.